The van der Waals surface area contributed by atoms with Crippen LogP contribution in [0.1, 0.15) is 12.0 Å². The second-order valence-corrected chi connectivity index (χ2v) is 2.47. The first-order chi connectivity index (χ1) is 5.83. The van der Waals surface area contributed by atoms with Crippen molar-refractivity contribution < 1.29 is 9.50 Å². The zero-order valence-corrected chi connectivity index (χ0v) is 6.70. The third kappa shape index (κ3) is 2.84. The first kappa shape index (κ1) is 8.94. The lowest BCUT2D eigenvalue weighted by atomic mass is 10.2. The van der Waals surface area contributed by atoms with Crippen LogP contribution < -0.4 is 0 Å². The van der Waals surface area contributed by atoms with Gasteiger partial charge in [0.25, 0.3) is 0 Å². The van der Waals surface area contributed by atoms with Gasteiger partial charge in [-0.25, -0.2) is 4.39 Å². The highest BCUT2D eigenvalue weighted by Gasteiger charge is 1.88. The van der Waals surface area contributed by atoms with Crippen molar-refractivity contribution in [3.63, 3.8) is 0 Å². The van der Waals surface area contributed by atoms with Gasteiger partial charge in [0.15, 0.2) is 0 Å². The summed E-state index contributed by atoms with van der Waals surface area (Å²) in [5.74, 6) is -0.235. The van der Waals surface area contributed by atoms with Crippen LogP contribution in [0.25, 0.3) is 6.08 Å². The van der Waals surface area contributed by atoms with E-state index in [4.69, 9.17) is 5.11 Å². The van der Waals surface area contributed by atoms with E-state index in [9.17, 15) is 4.39 Å². The fourth-order valence-electron chi connectivity index (χ4n) is 0.904. The minimum absolute atomic E-state index is 0.131. The zero-order valence-electron chi connectivity index (χ0n) is 6.70. The fraction of sp³-hybridized carbons (Fsp3) is 0.200. The molecule has 0 aliphatic carbocycles. The van der Waals surface area contributed by atoms with Crippen molar-refractivity contribution in [1.29, 1.82) is 0 Å². The lowest BCUT2D eigenvalue weighted by Gasteiger charge is -1.92. The van der Waals surface area contributed by atoms with Crippen LogP contribution in [-0.4, -0.2) is 11.7 Å². The largest absolute Gasteiger partial charge is 0.396 e. The second-order valence-electron chi connectivity index (χ2n) is 2.47. The predicted molar refractivity (Wildman–Crippen MR) is 47.1 cm³/mol. The molecule has 1 N–H and O–H groups in total. The van der Waals surface area contributed by atoms with Gasteiger partial charge in [-0.05, 0) is 24.1 Å². The molecule has 2 heteroatoms. The van der Waals surface area contributed by atoms with Crippen molar-refractivity contribution >= 4 is 6.08 Å². The van der Waals surface area contributed by atoms with E-state index in [0.717, 1.165) is 5.56 Å². The monoisotopic (exact) mass is 166 g/mol. The van der Waals surface area contributed by atoms with E-state index < -0.39 is 0 Å². The molecule has 1 nitrogen and oxygen atoms in total. The molecular weight excluding hydrogens is 155 g/mol. The molecule has 0 heterocycles. The van der Waals surface area contributed by atoms with E-state index in [-0.39, 0.29) is 12.4 Å². The van der Waals surface area contributed by atoms with Crippen LogP contribution in [0.4, 0.5) is 4.39 Å². The third-order valence-electron chi connectivity index (χ3n) is 1.45. The Balaban J connectivity index is 2.63. The molecule has 0 aromatic heterocycles. The average Bonchev–Trinajstić information content (AvgIpc) is 2.05. The Morgan fingerprint density at radius 1 is 1.42 bits per heavy atom. The third-order valence-corrected chi connectivity index (χ3v) is 1.45. The fourth-order valence-corrected chi connectivity index (χ4v) is 0.904. The lowest BCUT2D eigenvalue weighted by molar-refractivity contribution is 0.303. The summed E-state index contributed by atoms with van der Waals surface area (Å²) in [6.07, 6.45) is 4.21. The van der Waals surface area contributed by atoms with Crippen molar-refractivity contribution in [3.05, 3.63) is 41.7 Å². The summed E-state index contributed by atoms with van der Waals surface area (Å²) in [5.41, 5.74) is 0.823. The number of hydrogen-bond donors (Lipinski definition) is 1. The molecule has 1 aromatic rings. The van der Waals surface area contributed by atoms with Crippen molar-refractivity contribution in [2.75, 3.05) is 6.61 Å². The average molecular weight is 166 g/mol. The van der Waals surface area contributed by atoms with Gasteiger partial charge in [0.1, 0.15) is 5.82 Å². The number of hydrogen-bond acceptors (Lipinski definition) is 1. The number of rotatable bonds is 3. The summed E-state index contributed by atoms with van der Waals surface area (Å²) in [6, 6.07) is 6.34. The van der Waals surface area contributed by atoms with Gasteiger partial charge >= 0.3 is 0 Å². The SMILES string of the molecule is OCC/C=C\c1cccc(F)c1. The van der Waals surface area contributed by atoms with Gasteiger partial charge < -0.3 is 5.11 Å². The van der Waals surface area contributed by atoms with Crippen LogP contribution in [-0.2, 0) is 0 Å². The molecule has 0 fully saturated rings. The zero-order chi connectivity index (χ0) is 8.81. The van der Waals surface area contributed by atoms with Crippen LogP contribution in [0.15, 0.2) is 30.3 Å². The molecule has 0 unspecified atom stereocenters. The topological polar surface area (TPSA) is 20.2 Å². The lowest BCUT2D eigenvalue weighted by Crippen LogP contribution is -1.77. The van der Waals surface area contributed by atoms with Gasteiger partial charge in [0.05, 0.1) is 0 Å². The maximum atomic E-state index is 12.6. The molecule has 0 bridgehead atoms. The summed E-state index contributed by atoms with van der Waals surface area (Å²) in [5, 5.41) is 8.47. The van der Waals surface area contributed by atoms with Crippen LogP contribution in [0.3, 0.4) is 0 Å². The first-order valence-corrected chi connectivity index (χ1v) is 3.86. The van der Waals surface area contributed by atoms with E-state index in [2.05, 4.69) is 0 Å². The second kappa shape index (κ2) is 4.67. The van der Waals surface area contributed by atoms with E-state index >= 15 is 0 Å². The normalized spacial score (nSPS) is 10.8. The number of halogens is 1. The Morgan fingerprint density at radius 2 is 2.25 bits per heavy atom. The molecule has 0 amide bonds. The highest BCUT2D eigenvalue weighted by Crippen LogP contribution is 2.05. The van der Waals surface area contributed by atoms with Gasteiger partial charge in [0.2, 0.25) is 0 Å². The van der Waals surface area contributed by atoms with Gasteiger partial charge in [-0.15, -0.1) is 0 Å². The molecule has 0 radical (unpaired) electrons. The maximum absolute atomic E-state index is 12.6. The van der Waals surface area contributed by atoms with E-state index in [1.165, 1.54) is 12.1 Å². The Kier molecular flexibility index (Phi) is 3.48. The van der Waals surface area contributed by atoms with Gasteiger partial charge in [0, 0.05) is 6.61 Å². The predicted octanol–water partition coefficient (Wildman–Crippen LogP) is 2.22. The number of aliphatic hydroxyl groups is 1. The first-order valence-electron chi connectivity index (χ1n) is 3.86. The quantitative estimate of drug-likeness (QED) is 0.730. The summed E-state index contributed by atoms with van der Waals surface area (Å²) in [7, 11) is 0. The van der Waals surface area contributed by atoms with Gasteiger partial charge in [-0.3, -0.25) is 0 Å². The van der Waals surface area contributed by atoms with Crippen LogP contribution >= 0.6 is 0 Å². The molecule has 0 saturated carbocycles. The number of aliphatic hydroxyl groups excluding tert-OH is 1. The minimum atomic E-state index is -0.235. The molecule has 12 heavy (non-hydrogen) atoms. The Morgan fingerprint density at radius 3 is 2.92 bits per heavy atom. The van der Waals surface area contributed by atoms with Gasteiger partial charge in [-0.1, -0.05) is 24.3 Å². The van der Waals surface area contributed by atoms with Crippen LogP contribution in [0, 0.1) is 5.82 Å². The Labute approximate surface area is 71.2 Å². The summed E-state index contributed by atoms with van der Waals surface area (Å²) in [6.45, 7) is 0.131. The molecule has 1 rings (SSSR count). The minimum Gasteiger partial charge on any atom is -0.396 e. The van der Waals surface area contributed by atoms with E-state index in [0.29, 0.717) is 6.42 Å². The molecule has 0 aliphatic heterocycles. The molecule has 0 saturated heterocycles. The van der Waals surface area contributed by atoms with Crippen molar-refractivity contribution in [3.8, 4) is 0 Å². The standard InChI is InChI=1S/C10H11FO/c11-10-6-3-5-9(8-10)4-1-2-7-12/h1,3-6,8,12H,2,7H2/b4-1-. The molecule has 0 spiro atoms. The summed E-state index contributed by atoms with van der Waals surface area (Å²) in [4.78, 5) is 0. The smallest absolute Gasteiger partial charge is 0.123 e. The van der Waals surface area contributed by atoms with Crippen molar-refractivity contribution in [2.24, 2.45) is 0 Å². The highest BCUT2D eigenvalue weighted by molar-refractivity contribution is 5.48. The van der Waals surface area contributed by atoms with Crippen molar-refractivity contribution in [1.82, 2.24) is 0 Å². The number of benzene rings is 1. The van der Waals surface area contributed by atoms with Crippen molar-refractivity contribution in [2.45, 2.75) is 6.42 Å². The maximum Gasteiger partial charge on any atom is 0.123 e. The Bertz CT molecular complexity index is 268. The van der Waals surface area contributed by atoms with E-state index in [1.54, 1.807) is 12.1 Å². The van der Waals surface area contributed by atoms with Crippen LogP contribution in [0.2, 0.25) is 0 Å². The highest BCUT2D eigenvalue weighted by atomic mass is 19.1. The summed E-state index contributed by atoms with van der Waals surface area (Å²) >= 11 is 0. The van der Waals surface area contributed by atoms with E-state index in [1.807, 2.05) is 12.1 Å². The molecule has 0 atom stereocenters. The Hall–Kier alpha value is -1.15. The molecular formula is C10H11FO. The van der Waals surface area contributed by atoms with Gasteiger partial charge in [-0.2, -0.15) is 0 Å². The molecule has 0 aliphatic rings. The molecule has 64 valence electrons. The summed E-state index contributed by atoms with van der Waals surface area (Å²) < 4.78 is 12.6. The van der Waals surface area contributed by atoms with Crippen LogP contribution in [0.5, 0.6) is 0 Å². The molecule has 1 aromatic carbocycles.